The maximum absolute atomic E-state index is 12.5. The van der Waals surface area contributed by atoms with Crippen molar-refractivity contribution in [2.24, 2.45) is 4.99 Å². The predicted molar refractivity (Wildman–Crippen MR) is 116 cm³/mol. The summed E-state index contributed by atoms with van der Waals surface area (Å²) in [5.41, 5.74) is 0.498. The first-order valence-electron chi connectivity index (χ1n) is 8.99. The molecular weight excluding hydrogens is 502 g/mol. The second-order valence-corrected chi connectivity index (χ2v) is 6.47. The molecule has 0 aromatic heterocycles. The van der Waals surface area contributed by atoms with E-state index >= 15 is 0 Å². The molecule has 164 valence electrons. The fourth-order valence-corrected chi connectivity index (χ4v) is 2.96. The van der Waals surface area contributed by atoms with Crippen LogP contribution in [0.3, 0.4) is 0 Å². The third kappa shape index (κ3) is 9.07. The highest BCUT2D eigenvalue weighted by Crippen LogP contribution is 2.19. The Bertz CT molecular complexity index is 688. The lowest BCUT2D eigenvalue weighted by molar-refractivity contribution is -0.143. The average molecular weight is 529 g/mol. The van der Waals surface area contributed by atoms with Crippen molar-refractivity contribution in [1.29, 1.82) is 0 Å². The lowest BCUT2D eigenvalue weighted by Gasteiger charge is -2.19. The zero-order valence-corrected chi connectivity index (χ0v) is 18.7. The van der Waals surface area contributed by atoms with Crippen molar-refractivity contribution >= 4 is 35.8 Å². The summed E-state index contributed by atoms with van der Waals surface area (Å²) in [5, 5.41) is 8.95. The maximum Gasteiger partial charge on any atom is 0.401 e. The van der Waals surface area contributed by atoms with E-state index in [0.29, 0.717) is 49.9 Å². The molecule has 1 aliphatic rings. The number of ether oxygens (including phenoxy) is 1. The van der Waals surface area contributed by atoms with Crippen molar-refractivity contribution in [1.82, 2.24) is 20.9 Å². The molecule has 3 N–H and O–H groups in total. The summed E-state index contributed by atoms with van der Waals surface area (Å²) in [6.45, 7) is 0.598. The van der Waals surface area contributed by atoms with Crippen LogP contribution in [0.15, 0.2) is 29.3 Å². The number of aliphatic imine (C=N–C) groups is 1. The van der Waals surface area contributed by atoms with Crippen molar-refractivity contribution in [3.8, 4) is 5.75 Å². The Kier molecular flexibility index (Phi) is 10.5. The Morgan fingerprint density at radius 1 is 1.31 bits per heavy atom. The van der Waals surface area contributed by atoms with E-state index in [1.165, 1.54) is 12.0 Å². The molecule has 1 aromatic rings. The molecule has 1 unspecified atom stereocenters. The van der Waals surface area contributed by atoms with Crippen LogP contribution in [0.5, 0.6) is 5.75 Å². The minimum Gasteiger partial charge on any atom is -0.497 e. The van der Waals surface area contributed by atoms with E-state index in [0.717, 1.165) is 0 Å². The van der Waals surface area contributed by atoms with E-state index in [9.17, 15) is 18.0 Å². The van der Waals surface area contributed by atoms with Crippen LogP contribution in [0.4, 0.5) is 13.2 Å². The lowest BCUT2D eigenvalue weighted by Crippen LogP contribution is -2.47. The topological polar surface area (TPSA) is 78.0 Å². The Labute approximate surface area is 185 Å². The van der Waals surface area contributed by atoms with Crippen LogP contribution in [-0.4, -0.2) is 75.9 Å². The van der Waals surface area contributed by atoms with E-state index < -0.39 is 12.7 Å². The first-order valence-corrected chi connectivity index (χ1v) is 8.99. The van der Waals surface area contributed by atoms with Gasteiger partial charge in [-0.25, -0.2) is 0 Å². The number of amides is 1. The quantitative estimate of drug-likeness (QED) is 0.218. The third-order valence-electron chi connectivity index (χ3n) is 4.27. The van der Waals surface area contributed by atoms with Gasteiger partial charge in [0.25, 0.3) is 5.91 Å². The van der Waals surface area contributed by atoms with Gasteiger partial charge in [-0.3, -0.25) is 14.7 Å². The van der Waals surface area contributed by atoms with Crippen LogP contribution in [0.25, 0.3) is 0 Å². The van der Waals surface area contributed by atoms with Gasteiger partial charge < -0.3 is 20.7 Å². The van der Waals surface area contributed by atoms with Crippen molar-refractivity contribution in [3.63, 3.8) is 0 Å². The summed E-state index contributed by atoms with van der Waals surface area (Å²) in [6.07, 6.45) is -3.57. The third-order valence-corrected chi connectivity index (χ3v) is 4.27. The van der Waals surface area contributed by atoms with Gasteiger partial charge in [0.05, 0.1) is 13.7 Å². The predicted octanol–water partition coefficient (Wildman–Crippen LogP) is 1.84. The summed E-state index contributed by atoms with van der Waals surface area (Å²) in [7, 11) is 3.12. The molecule has 0 bridgehead atoms. The highest BCUT2D eigenvalue weighted by molar-refractivity contribution is 14.0. The van der Waals surface area contributed by atoms with E-state index in [2.05, 4.69) is 20.9 Å². The number of hydrogen-bond donors (Lipinski definition) is 3. The summed E-state index contributed by atoms with van der Waals surface area (Å²) in [6, 6.07) is 6.74. The molecule has 1 saturated heterocycles. The molecule has 1 heterocycles. The normalized spacial score (nSPS) is 17.4. The monoisotopic (exact) mass is 529 g/mol. The average Bonchev–Trinajstić information content (AvgIpc) is 3.08. The highest BCUT2D eigenvalue weighted by Gasteiger charge is 2.34. The van der Waals surface area contributed by atoms with Crippen LogP contribution in [0, 0.1) is 0 Å². The number of halogens is 4. The van der Waals surface area contributed by atoms with Gasteiger partial charge in [-0.15, -0.1) is 24.0 Å². The molecule has 7 nitrogen and oxygen atoms in total. The van der Waals surface area contributed by atoms with Gasteiger partial charge in [0.1, 0.15) is 5.75 Å². The summed E-state index contributed by atoms with van der Waals surface area (Å²) in [4.78, 5) is 17.6. The molecule has 1 fully saturated rings. The van der Waals surface area contributed by atoms with Crippen molar-refractivity contribution < 1.29 is 22.7 Å². The fourth-order valence-electron chi connectivity index (χ4n) is 2.96. The number of rotatable bonds is 7. The van der Waals surface area contributed by atoms with Gasteiger partial charge in [0, 0.05) is 44.8 Å². The number of carbonyl (C=O) groups is 1. The van der Waals surface area contributed by atoms with Crippen LogP contribution in [0.1, 0.15) is 16.8 Å². The molecule has 1 amide bonds. The van der Waals surface area contributed by atoms with E-state index in [-0.39, 0.29) is 35.9 Å². The Hall–Kier alpha value is -1.76. The zero-order valence-electron chi connectivity index (χ0n) is 16.4. The van der Waals surface area contributed by atoms with Crippen LogP contribution in [-0.2, 0) is 0 Å². The van der Waals surface area contributed by atoms with Crippen LogP contribution in [0.2, 0.25) is 0 Å². The van der Waals surface area contributed by atoms with Gasteiger partial charge in [-0.1, -0.05) is 6.07 Å². The Morgan fingerprint density at radius 2 is 2.03 bits per heavy atom. The summed E-state index contributed by atoms with van der Waals surface area (Å²) >= 11 is 0. The molecule has 2 rings (SSSR count). The van der Waals surface area contributed by atoms with Gasteiger partial charge in [-0.05, 0) is 24.6 Å². The molecule has 0 saturated carbocycles. The molecule has 29 heavy (non-hydrogen) atoms. The van der Waals surface area contributed by atoms with Gasteiger partial charge in [0.2, 0.25) is 0 Å². The first kappa shape index (κ1) is 25.3. The first-order chi connectivity index (χ1) is 13.3. The largest absolute Gasteiger partial charge is 0.497 e. The minimum absolute atomic E-state index is 0. The Morgan fingerprint density at radius 3 is 2.69 bits per heavy atom. The number of benzene rings is 1. The van der Waals surface area contributed by atoms with Crippen LogP contribution < -0.4 is 20.7 Å². The Balaban J connectivity index is 0.00000420. The molecule has 0 aliphatic carbocycles. The molecule has 11 heteroatoms. The van der Waals surface area contributed by atoms with Crippen molar-refractivity contribution in [2.75, 3.05) is 46.9 Å². The lowest BCUT2D eigenvalue weighted by atomic mass is 10.2. The highest BCUT2D eigenvalue weighted by atomic mass is 127. The van der Waals surface area contributed by atoms with Gasteiger partial charge in [-0.2, -0.15) is 13.2 Å². The molecule has 0 radical (unpaired) electrons. The number of guanidine groups is 1. The smallest absolute Gasteiger partial charge is 0.401 e. The molecule has 1 aliphatic heterocycles. The summed E-state index contributed by atoms with van der Waals surface area (Å²) < 4.78 is 42.5. The standard InChI is InChI=1S/C18H26F3N5O2.HI/c1-22-17(25-14-6-9-26(11-14)12-18(19,20)21)24-8-7-23-16(27)13-4-3-5-15(10-13)28-2;/h3-5,10,14H,6-9,11-12H2,1-2H3,(H,23,27)(H2,22,24,25);1H. The number of nitrogens with zero attached hydrogens (tertiary/aromatic N) is 2. The number of methoxy groups -OCH3 is 1. The minimum atomic E-state index is -4.18. The molecular formula is C18H27F3IN5O2. The number of carbonyl (C=O) groups excluding carboxylic acids is 1. The van der Waals surface area contributed by atoms with E-state index in [1.807, 2.05) is 0 Å². The SMILES string of the molecule is CN=C(NCCNC(=O)c1cccc(OC)c1)NC1CCN(CC(F)(F)F)C1.I. The number of hydrogen-bond acceptors (Lipinski definition) is 4. The van der Waals surface area contributed by atoms with E-state index in [4.69, 9.17) is 4.74 Å². The maximum atomic E-state index is 12.5. The van der Waals surface area contributed by atoms with Crippen molar-refractivity contribution in [3.05, 3.63) is 29.8 Å². The second kappa shape index (κ2) is 12.1. The fraction of sp³-hybridized carbons (Fsp3) is 0.556. The van der Waals surface area contributed by atoms with E-state index in [1.54, 1.807) is 31.3 Å². The summed E-state index contributed by atoms with van der Waals surface area (Å²) in [5.74, 6) is 0.878. The van der Waals surface area contributed by atoms with Crippen LogP contribution >= 0.6 is 24.0 Å². The second-order valence-electron chi connectivity index (χ2n) is 6.47. The number of likely N-dealkylation sites (tertiary alicyclic amines) is 1. The van der Waals surface area contributed by atoms with Gasteiger partial charge >= 0.3 is 6.18 Å². The molecule has 1 aromatic carbocycles. The molecule has 1 atom stereocenters. The number of nitrogens with one attached hydrogen (secondary N) is 3. The zero-order chi connectivity index (χ0) is 20.6. The van der Waals surface area contributed by atoms with Crippen molar-refractivity contribution in [2.45, 2.75) is 18.6 Å². The molecule has 0 spiro atoms. The van der Waals surface area contributed by atoms with Gasteiger partial charge in [0.15, 0.2) is 5.96 Å². The number of alkyl halides is 3.